The number of aromatic nitrogens is 1. The molecule has 1 aromatic heterocycles. The van der Waals surface area contributed by atoms with Crippen LogP contribution in [-0.4, -0.2) is 41.6 Å². The minimum Gasteiger partial charge on any atom is -0.365 e. The maximum absolute atomic E-state index is 13.6. The third-order valence-electron chi connectivity index (χ3n) is 7.56. The lowest BCUT2D eigenvalue weighted by Crippen LogP contribution is -2.45. The number of carbonyl (C=O) groups is 1. The minimum absolute atomic E-state index is 0.113. The molecule has 32 heavy (non-hydrogen) atoms. The van der Waals surface area contributed by atoms with Gasteiger partial charge in [0.2, 0.25) is 0 Å². The van der Waals surface area contributed by atoms with Crippen LogP contribution in [0.5, 0.6) is 0 Å². The van der Waals surface area contributed by atoms with E-state index in [0.29, 0.717) is 30.6 Å². The molecule has 3 aromatic rings. The maximum Gasteiger partial charge on any atom is 0.256 e. The Kier molecular flexibility index (Phi) is 5.01. The van der Waals surface area contributed by atoms with Crippen molar-refractivity contribution < 1.29 is 9.53 Å². The van der Waals surface area contributed by atoms with E-state index in [0.717, 1.165) is 48.9 Å². The highest BCUT2D eigenvalue weighted by Crippen LogP contribution is 2.44. The lowest BCUT2D eigenvalue weighted by atomic mass is 9.83. The maximum atomic E-state index is 13.6. The normalized spacial score (nSPS) is 22.0. The summed E-state index contributed by atoms with van der Waals surface area (Å²) < 4.78 is 8.51. The van der Waals surface area contributed by atoms with Crippen LogP contribution < -0.4 is 5.32 Å². The second-order valence-corrected chi connectivity index (χ2v) is 9.88. The molecule has 2 saturated heterocycles. The van der Waals surface area contributed by atoms with Crippen molar-refractivity contribution in [3.63, 3.8) is 0 Å². The van der Waals surface area contributed by atoms with Crippen LogP contribution in [0.2, 0.25) is 5.02 Å². The summed E-state index contributed by atoms with van der Waals surface area (Å²) in [4.78, 5) is 15.6. The fourth-order valence-corrected chi connectivity index (χ4v) is 5.94. The Morgan fingerprint density at radius 1 is 1.19 bits per heavy atom. The molecule has 2 fully saturated rings. The van der Waals surface area contributed by atoms with Crippen molar-refractivity contribution in [2.45, 2.75) is 38.0 Å². The summed E-state index contributed by atoms with van der Waals surface area (Å²) in [7, 11) is 0. The van der Waals surface area contributed by atoms with E-state index >= 15 is 0 Å². The summed E-state index contributed by atoms with van der Waals surface area (Å²) in [6.45, 7) is 5.09. The average molecular weight is 450 g/mol. The number of fused-ring (bicyclic) bond motifs is 3. The number of hydrogen-bond donors (Lipinski definition) is 1. The van der Waals surface area contributed by atoms with Gasteiger partial charge in [-0.15, -0.1) is 0 Å². The molecule has 0 unspecified atom stereocenters. The summed E-state index contributed by atoms with van der Waals surface area (Å²) in [5, 5.41) is 5.14. The number of hydrogen-bond acceptors (Lipinski definition) is 3. The fraction of sp³-hybridized carbons (Fsp3) is 0.423. The van der Waals surface area contributed by atoms with Gasteiger partial charge in [-0.2, -0.15) is 0 Å². The molecule has 0 radical (unpaired) electrons. The molecule has 0 aliphatic carbocycles. The predicted octanol–water partition coefficient (Wildman–Crippen LogP) is 4.57. The van der Waals surface area contributed by atoms with Crippen molar-refractivity contribution in [3.05, 3.63) is 70.4 Å². The first-order valence-corrected chi connectivity index (χ1v) is 12.0. The lowest BCUT2D eigenvalue weighted by molar-refractivity contribution is -0.0741. The molecule has 0 bridgehead atoms. The second-order valence-electron chi connectivity index (χ2n) is 9.45. The van der Waals surface area contributed by atoms with E-state index in [1.165, 1.54) is 17.5 Å². The van der Waals surface area contributed by atoms with E-state index in [1.807, 2.05) is 29.3 Å². The van der Waals surface area contributed by atoms with E-state index in [-0.39, 0.29) is 11.5 Å². The van der Waals surface area contributed by atoms with Gasteiger partial charge in [0, 0.05) is 36.2 Å². The number of benzene rings is 2. The smallest absolute Gasteiger partial charge is 0.256 e. The van der Waals surface area contributed by atoms with Crippen LogP contribution >= 0.6 is 11.6 Å². The summed E-state index contributed by atoms with van der Waals surface area (Å²) in [6.07, 6.45) is 4.90. The van der Waals surface area contributed by atoms with E-state index in [2.05, 4.69) is 34.1 Å². The highest BCUT2D eigenvalue weighted by Gasteiger charge is 2.43. The molecule has 1 atom stereocenters. The van der Waals surface area contributed by atoms with Crippen LogP contribution in [0.4, 0.5) is 0 Å². The topological polar surface area (TPSA) is 46.5 Å². The van der Waals surface area contributed by atoms with Crippen molar-refractivity contribution in [1.29, 1.82) is 0 Å². The van der Waals surface area contributed by atoms with Gasteiger partial charge in [0.25, 0.3) is 5.91 Å². The molecule has 2 aromatic carbocycles. The summed E-state index contributed by atoms with van der Waals surface area (Å²) in [6, 6.07) is 14.4. The molecule has 1 amide bonds. The van der Waals surface area contributed by atoms with Gasteiger partial charge in [-0.3, -0.25) is 4.79 Å². The zero-order valence-electron chi connectivity index (χ0n) is 18.1. The first kappa shape index (κ1) is 20.3. The van der Waals surface area contributed by atoms with E-state index in [4.69, 9.17) is 16.3 Å². The SMILES string of the molecule is O=C(c1cn(C[C@@H]2CCNC2)c2cc(Cl)ccc12)N1CCC2(CC1)OCc1ccccc12. The number of rotatable bonds is 3. The molecular formula is C26H28ClN3O2. The number of piperidine rings is 1. The summed E-state index contributed by atoms with van der Waals surface area (Å²) in [5.74, 6) is 0.698. The van der Waals surface area contributed by atoms with Gasteiger partial charge >= 0.3 is 0 Å². The number of halogens is 1. The van der Waals surface area contributed by atoms with Crippen molar-refractivity contribution in [2.24, 2.45) is 5.92 Å². The Bertz CT molecular complexity index is 1170. The molecule has 1 spiro atoms. The Labute approximate surface area is 193 Å². The first-order valence-electron chi connectivity index (χ1n) is 11.6. The monoisotopic (exact) mass is 449 g/mol. The quantitative estimate of drug-likeness (QED) is 0.637. The second kappa shape index (κ2) is 7.91. The van der Waals surface area contributed by atoms with Crippen LogP contribution in [0.25, 0.3) is 10.9 Å². The number of nitrogens with zero attached hydrogens (tertiary/aromatic N) is 2. The number of amides is 1. The van der Waals surface area contributed by atoms with Crippen LogP contribution in [0.3, 0.4) is 0 Å². The largest absolute Gasteiger partial charge is 0.365 e. The van der Waals surface area contributed by atoms with Gasteiger partial charge < -0.3 is 19.5 Å². The summed E-state index contributed by atoms with van der Waals surface area (Å²) >= 11 is 6.32. The van der Waals surface area contributed by atoms with Gasteiger partial charge in [-0.25, -0.2) is 0 Å². The molecule has 1 N–H and O–H groups in total. The molecule has 6 rings (SSSR count). The lowest BCUT2D eigenvalue weighted by Gasteiger charge is -2.39. The molecule has 5 nitrogen and oxygen atoms in total. The van der Waals surface area contributed by atoms with Crippen molar-refractivity contribution in [1.82, 2.24) is 14.8 Å². The van der Waals surface area contributed by atoms with Crippen molar-refractivity contribution >= 4 is 28.4 Å². The first-order chi connectivity index (χ1) is 15.6. The van der Waals surface area contributed by atoms with Gasteiger partial charge in [0.05, 0.1) is 23.3 Å². The van der Waals surface area contributed by atoms with E-state index in [1.54, 1.807) is 0 Å². The standard InChI is InChI=1S/C26H28ClN3O2/c27-20-5-6-21-22(16-30(24(21)13-20)15-18-7-10-28-14-18)25(31)29-11-8-26(9-12-29)23-4-2-1-3-19(23)17-32-26/h1-6,13,16,18,28H,7-12,14-15,17H2/t18-/m1/s1. The molecule has 6 heteroatoms. The van der Waals surface area contributed by atoms with E-state index in [9.17, 15) is 4.79 Å². The Balaban J connectivity index is 1.26. The van der Waals surface area contributed by atoms with Crippen LogP contribution in [0.15, 0.2) is 48.7 Å². The van der Waals surface area contributed by atoms with Crippen molar-refractivity contribution in [3.8, 4) is 0 Å². The van der Waals surface area contributed by atoms with Crippen molar-refractivity contribution in [2.75, 3.05) is 26.2 Å². The van der Waals surface area contributed by atoms with Gasteiger partial charge in [0.15, 0.2) is 0 Å². The Morgan fingerprint density at radius 2 is 2.03 bits per heavy atom. The zero-order chi connectivity index (χ0) is 21.7. The van der Waals surface area contributed by atoms with Crippen LogP contribution in [0.1, 0.15) is 40.7 Å². The minimum atomic E-state index is -0.232. The van der Waals surface area contributed by atoms with Crippen LogP contribution in [-0.2, 0) is 23.5 Å². The fourth-order valence-electron chi connectivity index (χ4n) is 5.77. The van der Waals surface area contributed by atoms with Gasteiger partial charge in [-0.1, -0.05) is 41.9 Å². The Morgan fingerprint density at radius 3 is 2.84 bits per heavy atom. The highest BCUT2D eigenvalue weighted by molar-refractivity contribution is 6.31. The molecule has 3 aliphatic heterocycles. The predicted molar refractivity (Wildman–Crippen MR) is 126 cm³/mol. The third kappa shape index (κ3) is 3.35. The highest BCUT2D eigenvalue weighted by atomic mass is 35.5. The summed E-state index contributed by atoms with van der Waals surface area (Å²) in [5.41, 5.74) is 4.20. The third-order valence-corrected chi connectivity index (χ3v) is 7.80. The average Bonchev–Trinajstić information content (AvgIpc) is 3.54. The molecule has 166 valence electrons. The number of nitrogens with one attached hydrogen (secondary N) is 1. The number of ether oxygens (including phenoxy) is 1. The van der Waals surface area contributed by atoms with Gasteiger partial charge in [0.1, 0.15) is 0 Å². The molecule has 3 aliphatic rings. The van der Waals surface area contributed by atoms with Gasteiger partial charge in [-0.05, 0) is 61.5 Å². The number of carbonyl (C=O) groups excluding carboxylic acids is 1. The molecular weight excluding hydrogens is 422 g/mol. The van der Waals surface area contributed by atoms with E-state index < -0.39 is 0 Å². The Hall–Kier alpha value is -2.34. The van der Waals surface area contributed by atoms with Crippen LogP contribution in [0, 0.1) is 5.92 Å². The number of likely N-dealkylation sites (tertiary alicyclic amines) is 1. The molecule has 4 heterocycles. The zero-order valence-corrected chi connectivity index (χ0v) is 18.9. The molecule has 0 saturated carbocycles.